The first-order valence-corrected chi connectivity index (χ1v) is 14.2. The molecule has 1 N–H and O–H groups in total. The minimum Gasteiger partial charge on any atom is -0.482 e. The van der Waals surface area contributed by atoms with Crippen molar-refractivity contribution in [3.63, 3.8) is 0 Å². The molecule has 2 aromatic carbocycles. The van der Waals surface area contributed by atoms with Crippen LogP contribution in [0.25, 0.3) is 27.4 Å². The van der Waals surface area contributed by atoms with Crippen LogP contribution in [0.4, 0.5) is 13.2 Å². The number of alkyl halides is 3. The Morgan fingerprint density at radius 1 is 1.08 bits per heavy atom. The van der Waals surface area contributed by atoms with Gasteiger partial charge in [0, 0.05) is 12.3 Å². The van der Waals surface area contributed by atoms with Crippen LogP contribution >= 0.6 is 11.3 Å². The molecule has 12 heteroatoms. The Labute approximate surface area is 221 Å². The van der Waals surface area contributed by atoms with Gasteiger partial charge in [-0.2, -0.15) is 18.3 Å². The van der Waals surface area contributed by atoms with Crippen molar-refractivity contribution in [2.75, 3.05) is 12.9 Å². The maximum Gasteiger partial charge on any atom is 0.435 e. The van der Waals surface area contributed by atoms with E-state index in [1.807, 2.05) is 0 Å². The molecule has 7 nitrogen and oxygen atoms in total. The molecule has 0 saturated heterocycles. The molecular weight excluding hydrogens is 539 g/mol. The summed E-state index contributed by atoms with van der Waals surface area (Å²) in [5.74, 6) is -0.187. The van der Waals surface area contributed by atoms with E-state index in [4.69, 9.17) is 4.74 Å². The van der Waals surface area contributed by atoms with Crippen LogP contribution in [0.1, 0.15) is 19.5 Å². The zero-order valence-electron chi connectivity index (χ0n) is 20.6. The number of hydrogen-bond donors (Lipinski definition) is 1. The molecule has 1 amide bonds. The second kappa shape index (κ2) is 10.6. The number of carbonyl (C=O) groups is 1. The lowest BCUT2D eigenvalue weighted by Crippen LogP contribution is -2.34. The van der Waals surface area contributed by atoms with E-state index >= 15 is 0 Å². The number of sulfone groups is 1. The molecule has 38 heavy (non-hydrogen) atoms. The summed E-state index contributed by atoms with van der Waals surface area (Å²) in [6.07, 6.45) is -3.59. The summed E-state index contributed by atoms with van der Waals surface area (Å²) in [5.41, 5.74) is 0.554. The van der Waals surface area contributed by atoms with Gasteiger partial charge in [-0.25, -0.2) is 13.1 Å². The summed E-state index contributed by atoms with van der Waals surface area (Å²) in [7, 11) is -3.44. The third-order valence-electron chi connectivity index (χ3n) is 5.35. The van der Waals surface area contributed by atoms with Crippen molar-refractivity contribution in [3.05, 3.63) is 71.7 Å². The van der Waals surface area contributed by atoms with Crippen LogP contribution in [0.3, 0.4) is 0 Å². The number of aromatic nitrogens is 2. The number of rotatable bonds is 8. The van der Waals surface area contributed by atoms with Crippen molar-refractivity contribution in [3.8, 4) is 33.1 Å². The summed E-state index contributed by atoms with van der Waals surface area (Å²) in [4.78, 5) is 12.7. The highest BCUT2D eigenvalue weighted by Crippen LogP contribution is 2.39. The lowest BCUT2D eigenvalue weighted by Gasteiger charge is -2.14. The zero-order chi connectivity index (χ0) is 27.7. The van der Waals surface area contributed by atoms with E-state index < -0.39 is 21.7 Å². The van der Waals surface area contributed by atoms with Crippen LogP contribution in [0.5, 0.6) is 5.75 Å². The van der Waals surface area contributed by atoms with Crippen molar-refractivity contribution in [1.29, 1.82) is 0 Å². The highest BCUT2D eigenvalue weighted by molar-refractivity contribution is 7.90. The highest BCUT2D eigenvalue weighted by atomic mass is 32.2. The number of para-hydroxylation sites is 2. The SMILES string of the molecule is CC(C)NC(=O)COc1ccccc1-n1nc(C(F)(F)F)cc1-c1cc(-c2cccc(S(C)(=O)=O)c2)cs1. The maximum absolute atomic E-state index is 13.7. The van der Waals surface area contributed by atoms with Crippen LogP contribution < -0.4 is 10.1 Å². The molecule has 2 aromatic heterocycles. The predicted molar refractivity (Wildman–Crippen MR) is 139 cm³/mol. The molecule has 0 fully saturated rings. The fourth-order valence-corrected chi connectivity index (χ4v) is 5.25. The van der Waals surface area contributed by atoms with E-state index in [1.165, 1.54) is 23.5 Å². The summed E-state index contributed by atoms with van der Waals surface area (Å²) in [6.45, 7) is 3.28. The Morgan fingerprint density at radius 3 is 2.50 bits per heavy atom. The second-order valence-electron chi connectivity index (χ2n) is 8.80. The van der Waals surface area contributed by atoms with E-state index in [2.05, 4.69) is 10.4 Å². The van der Waals surface area contributed by atoms with Gasteiger partial charge in [0.1, 0.15) is 11.4 Å². The van der Waals surface area contributed by atoms with Crippen LogP contribution in [0.2, 0.25) is 0 Å². The molecule has 0 radical (unpaired) electrons. The Kier molecular flexibility index (Phi) is 7.65. The van der Waals surface area contributed by atoms with E-state index in [9.17, 15) is 26.4 Å². The Morgan fingerprint density at radius 2 is 1.82 bits per heavy atom. The van der Waals surface area contributed by atoms with Crippen molar-refractivity contribution in [2.45, 2.75) is 31.0 Å². The summed E-state index contributed by atoms with van der Waals surface area (Å²) in [5, 5.41) is 8.26. The number of hydrogen-bond acceptors (Lipinski definition) is 6. The van der Waals surface area contributed by atoms with Gasteiger partial charge in [0.2, 0.25) is 0 Å². The smallest absolute Gasteiger partial charge is 0.435 e. The molecule has 0 aliphatic heterocycles. The van der Waals surface area contributed by atoms with Crippen molar-refractivity contribution < 1.29 is 31.1 Å². The van der Waals surface area contributed by atoms with Crippen molar-refractivity contribution in [2.24, 2.45) is 0 Å². The monoisotopic (exact) mass is 563 g/mol. The average Bonchev–Trinajstić information content (AvgIpc) is 3.50. The molecule has 0 aliphatic carbocycles. The van der Waals surface area contributed by atoms with Gasteiger partial charge >= 0.3 is 6.18 Å². The second-order valence-corrected chi connectivity index (χ2v) is 11.7. The lowest BCUT2D eigenvalue weighted by molar-refractivity contribution is -0.141. The Hall–Kier alpha value is -3.64. The number of ether oxygens (including phenoxy) is 1. The molecule has 0 spiro atoms. The summed E-state index contributed by atoms with van der Waals surface area (Å²) < 4.78 is 71.8. The molecule has 4 rings (SSSR count). The zero-order valence-corrected chi connectivity index (χ0v) is 22.2. The molecule has 0 unspecified atom stereocenters. The standard InChI is InChI=1S/C26H24F3N3O4S2/c1-16(2)30-25(33)14-36-22-10-5-4-9-20(22)32-21(13-24(31-32)26(27,28)29)23-12-18(15-37-23)17-7-6-8-19(11-17)38(3,34)35/h4-13,15-16H,14H2,1-3H3,(H,30,33). The van der Waals surface area contributed by atoms with E-state index in [1.54, 1.807) is 61.7 Å². The van der Waals surface area contributed by atoms with Gasteiger partial charge in [0.25, 0.3) is 5.91 Å². The van der Waals surface area contributed by atoms with Crippen molar-refractivity contribution >= 4 is 27.1 Å². The fourth-order valence-electron chi connectivity index (χ4n) is 3.67. The molecular formula is C26H24F3N3O4S2. The minimum absolute atomic E-state index is 0.0976. The van der Waals surface area contributed by atoms with E-state index in [0.29, 0.717) is 16.0 Å². The number of thiophene rings is 1. The van der Waals surface area contributed by atoms with Gasteiger partial charge in [-0.3, -0.25) is 4.79 Å². The number of nitrogens with zero attached hydrogens (tertiary/aromatic N) is 2. The first-order valence-electron chi connectivity index (χ1n) is 11.4. The number of halogens is 3. The molecule has 4 aromatic rings. The number of carbonyl (C=O) groups excluding carboxylic acids is 1. The third kappa shape index (κ3) is 6.25. The van der Waals surface area contributed by atoms with Crippen molar-refractivity contribution in [1.82, 2.24) is 15.1 Å². The Balaban J connectivity index is 1.76. The molecule has 0 bridgehead atoms. The van der Waals surface area contributed by atoms with E-state index in [0.717, 1.165) is 17.0 Å². The Bertz CT molecular complexity index is 1570. The van der Waals surface area contributed by atoms with Crippen LogP contribution in [0.15, 0.2) is 70.9 Å². The maximum atomic E-state index is 13.7. The summed E-state index contributed by atoms with van der Waals surface area (Å²) >= 11 is 1.19. The normalized spacial score (nSPS) is 12.1. The first-order chi connectivity index (χ1) is 17.8. The largest absolute Gasteiger partial charge is 0.482 e. The molecule has 200 valence electrons. The van der Waals surface area contributed by atoms with Gasteiger partial charge in [0.15, 0.2) is 22.1 Å². The van der Waals surface area contributed by atoms with Crippen LogP contribution in [-0.4, -0.2) is 43.0 Å². The highest BCUT2D eigenvalue weighted by Gasteiger charge is 2.36. The van der Waals surface area contributed by atoms with Gasteiger partial charge in [-0.15, -0.1) is 11.3 Å². The molecule has 2 heterocycles. The molecule has 0 aliphatic rings. The molecule has 0 saturated carbocycles. The number of nitrogens with one attached hydrogen (secondary N) is 1. The van der Waals surface area contributed by atoms with Gasteiger partial charge in [0.05, 0.1) is 15.5 Å². The molecule has 0 atom stereocenters. The average molecular weight is 564 g/mol. The van der Waals surface area contributed by atoms with Crippen LogP contribution in [0, 0.1) is 0 Å². The third-order valence-corrected chi connectivity index (χ3v) is 7.41. The lowest BCUT2D eigenvalue weighted by atomic mass is 10.1. The quantitative estimate of drug-likeness (QED) is 0.302. The number of amides is 1. The fraction of sp³-hybridized carbons (Fsp3) is 0.231. The minimum atomic E-state index is -4.70. The van der Waals surface area contributed by atoms with Crippen LogP contribution in [-0.2, 0) is 20.8 Å². The number of benzene rings is 2. The summed E-state index contributed by atoms with van der Waals surface area (Å²) in [6, 6.07) is 15.2. The topological polar surface area (TPSA) is 90.3 Å². The van der Waals surface area contributed by atoms with Gasteiger partial charge in [-0.05, 0) is 66.8 Å². The predicted octanol–water partition coefficient (Wildman–Crippen LogP) is 5.59. The first kappa shape index (κ1) is 27.4. The van der Waals surface area contributed by atoms with E-state index in [-0.39, 0.29) is 40.6 Å². The van der Waals surface area contributed by atoms with Gasteiger partial charge < -0.3 is 10.1 Å². The van der Waals surface area contributed by atoms with Gasteiger partial charge in [-0.1, -0.05) is 24.3 Å².